The van der Waals surface area contributed by atoms with E-state index in [4.69, 9.17) is 14.2 Å². The molecular weight excluding hydrogens is 945 g/mol. The van der Waals surface area contributed by atoms with Gasteiger partial charge < -0.3 is 29.3 Å². The molecule has 13 nitrogen and oxygen atoms in total. The van der Waals surface area contributed by atoms with Gasteiger partial charge in [-0.05, 0) is 154 Å². The summed E-state index contributed by atoms with van der Waals surface area (Å²) >= 11 is 0. The number of nitriles is 2. The summed E-state index contributed by atoms with van der Waals surface area (Å²) in [6, 6.07) is 42.1. The number of hydrogen-bond acceptors (Lipinski definition) is 9. The fourth-order valence-corrected chi connectivity index (χ4v) is 9.36. The van der Waals surface area contributed by atoms with Gasteiger partial charge in [0.15, 0.2) is 0 Å². The molecule has 0 saturated carbocycles. The minimum absolute atomic E-state index is 0.0725. The highest BCUT2D eigenvalue weighted by Crippen LogP contribution is 2.37. The van der Waals surface area contributed by atoms with Gasteiger partial charge in [0.1, 0.15) is 18.2 Å². The molecule has 0 unspecified atom stereocenters. The maximum atomic E-state index is 14.0. The average molecular weight is 1010 g/mol. The summed E-state index contributed by atoms with van der Waals surface area (Å²) < 4.78 is 16.7. The van der Waals surface area contributed by atoms with Gasteiger partial charge >= 0.3 is 0 Å². The molecule has 74 heavy (non-hydrogen) atoms. The highest BCUT2D eigenvalue weighted by molar-refractivity contribution is 6.76. The lowest BCUT2D eigenvalue weighted by molar-refractivity contribution is 0.0899. The van der Waals surface area contributed by atoms with Gasteiger partial charge in [0.2, 0.25) is 0 Å². The monoisotopic (exact) mass is 1010 g/mol. The summed E-state index contributed by atoms with van der Waals surface area (Å²) in [4.78, 5) is 58.6. The van der Waals surface area contributed by atoms with E-state index in [9.17, 15) is 29.7 Å². The average Bonchev–Trinajstić information content (AvgIpc) is 3.90. The third kappa shape index (κ3) is 11.9. The molecule has 8 rings (SSSR count). The van der Waals surface area contributed by atoms with Crippen LogP contribution in [0, 0.1) is 36.5 Å². The van der Waals surface area contributed by atoms with Crippen molar-refractivity contribution in [2.75, 3.05) is 47.6 Å². The first kappa shape index (κ1) is 53.7. The largest absolute Gasteiger partial charge is 0.497 e. The minimum Gasteiger partial charge on any atom is -0.497 e. The fourth-order valence-electron chi connectivity index (χ4n) is 8.60. The number of rotatable bonds is 15. The van der Waals surface area contributed by atoms with Crippen LogP contribution in [-0.4, -0.2) is 59.3 Å². The summed E-state index contributed by atoms with van der Waals surface area (Å²) in [5.41, 5.74) is 8.72. The second-order valence-corrected chi connectivity index (χ2v) is 26.6. The van der Waals surface area contributed by atoms with Gasteiger partial charge in [-0.2, -0.15) is 10.5 Å². The van der Waals surface area contributed by atoms with Crippen LogP contribution in [-0.2, 0) is 28.7 Å². The van der Waals surface area contributed by atoms with Crippen LogP contribution in [0.15, 0.2) is 121 Å². The van der Waals surface area contributed by atoms with Gasteiger partial charge in [-0.1, -0.05) is 68.2 Å². The number of benzene rings is 6. The van der Waals surface area contributed by atoms with Crippen molar-refractivity contribution in [3.05, 3.63) is 177 Å². The quantitative estimate of drug-likeness (QED) is 0.0598. The maximum absolute atomic E-state index is 14.0. The molecule has 0 aromatic heterocycles. The molecule has 0 radical (unpaired) electrons. The second kappa shape index (κ2) is 22.0. The van der Waals surface area contributed by atoms with Crippen molar-refractivity contribution in [1.82, 2.24) is 0 Å². The van der Waals surface area contributed by atoms with Crippen molar-refractivity contribution in [2.45, 2.75) is 91.1 Å². The Kier molecular flexibility index (Phi) is 16.0. The molecule has 0 aliphatic carbocycles. The zero-order valence-electron chi connectivity index (χ0n) is 44.2. The summed E-state index contributed by atoms with van der Waals surface area (Å²) in [6.07, 6.45) is 0. The molecule has 4 amide bonds. The van der Waals surface area contributed by atoms with E-state index < -0.39 is 18.9 Å². The molecule has 6 aromatic rings. The van der Waals surface area contributed by atoms with Crippen LogP contribution in [0.5, 0.6) is 11.5 Å². The number of ether oxygens (including phenoxy) is 3. The topological polar surface area (TPSA) is 165 Å². The standard InChI is InChI=1S/C33H39N3O4Si.C27H25N3O3/c1-23-11-13-27(18-30(23)35-20-25-12-14-28(39-4)19-29(25)32(35)38)36(22-40-15-16-41(5,6)7)31(37)24-9-8-10-26(17-24)33(2,3)21-34;1-17-8-10-21(29-25(31)18-6-5-7-20(12-18)27(2,3)16-28)13-24(17)30-15-19-9-11-22(33-4)14-23(19)26(30)32/h8-14,17-19H,15-16,20,22H2,1-7H3;5-14H,15H2,1-4H3,(H,29,31). The van der Waals surface area contributed by atoms with Crippen molar-refractivity contribution in [3.63, 3.8) is 0 Å². The number of anilines is 4. The van der Waals surface area contributed by atoms with Gasteiger partial charge in [-0.25, -0.2) is 0 Å². The van der Waals surface area contributed by atoms with E-state index in [0.717, 1.165) is 50.8 Å². The maximum Gasteiger partial charge on any atom is 0.260 e. The highest BCUT2D eigenvalue weighted by Gasteiger charge is 2.33. The van der Waals surface area contributed by atoms with Crippen molar-refractivity contribution >= 4 is 54.5 Å². The number of fused-ring (bicyclic) bond motifs is 2. The molecule has 0 saturated heterocycles. The lowest BCUT2D eigenvalue weighted by Gasteiger charge is -2.27. The molecule has 0 bridgehead atoms. The highest BCUT2D eigenvalue weighted by atomic mass is 28.3. The van der Waals surface area contributed by atoms with Gasteiger partial charge in [0, 0.05) is 59.7 Å². The van der Waals surface area contributed by atoms with E-state index in [1.165, 1.54) is 0 Å². The zero-order valence-corrected chi connectivity index (χ0v) is 45.2. The Balaban J connectivity index is 0.000000221. The van der Waals surface area contributed by atoms with Crippen molar-refractivity contribution in [3.8, 4) is 23.6 Å². The number of amides is 4. The Morgan fingerprint density at radius 2 is 1.16 bits per heavy atom. The third-order valence-corrected chi connectivity index (χ3v) is 15.2. The smallest absolute Gasteiger partial charge is 0.260 e. The van der Waals surface area contributed by atoms with Crippen LogP contribution in [0.4, 0.5) is 22.7 Å². The number of carbonyl (C=O) groups is 4. The van der Waals surface area contributed by atoms with E-state index in [0.29, 0.717) is 64.8 Å². The predicted octanol–water partition coefficient (Wildman–Crippen LogP) is 12.1. The van der Waals surface area contributed by atoms with E-state index >= 15 is 0 Å². The lowest BCUT2D eigenvalue weighted by atomic mass is 9.85. The van der Waals surface area contributed by atoms with Gasteiger partial charge in [0.05, 0.1) is 50.3 Å². The van der Waals surface area contributed by atoms with E-state index in [2.05, 4.69) is 37.1 Å². The van der Waals surface area contributed by atoms with Crippen molar-refractivity contribution in [2.24, 2.45) is 0 Å². The Hall–Kier alpha value is -8.04. The van der Waals surface area contributed by atoms with E-state index in [1.54, 1.807) is 77.5 Å². The molecule has 2 aliphatic heterocycles. The Labute approximate surface area is 435 Å². The predicted molar refractivity (Wildman–Crippen MR) is 293 cm³/mol. The third-order valence-electron chi connectivity index (χ3n) is 13.5. The lowest BCUT2D eigenvalue weighted by Crippen LogP contribution is -2.35. The fraction of sp³-hybridized carbons (Fsp3) is 0.300. The Bertz CT molecular complexity index is 3240. The minimum atomic E-state index is -1.32. The molecule has 0 fully saturated rings. The first-order valence-electron chi connectivity index (χ1n) is 24.5. The van der Waals surface area contributed by atoms with E-state index in [-0.39, 0.29) is 30.4 Å². The van der Waals surface area contributed by atoms with E-state index in [1.807, 2.05) is 114 Å². The number of aryl methyl sites for hydroxylation is 2. The van der Waals surface area contributed by atoms with Crippen LogP contribution < -0.4 is 29.5 Å². The molecule has 2 heterocycles. The van der Waals surface area contributed by atoms with Gasteiger partial charge in [0.25, 0.3) is 23.6 Å². The number of methoxy groups -OCH3 is 2. The number of nitrogens with one attached hydrogen (secondary N) is 1. The van der Waals surface area contributed by atoms with Gasteiger partial charge in [-0.3, -0.25) is 24.1 Å². The normalized spacial score (nSPS) is 13.0. The summed E-state index contributed by atoms with van der Waals surface area (Å²) in [5.74, 6) is 0.573. The summed E-state index contributed by atoms with van der Waals surface area (Å²) in [6.45, 7) is 19.6. The molecule has 0 spiro atoms. The zero-order chi connectivity index (χ0) is 53.7. The number of carbonyl (C=O) groups excluding carboxylic acids is 4. The summed E-state index contributed by atoms with van der Waals surface area (Å²) in [7, 11) is 1.84. The first-order chi connectivity index (χ1) is 35.1. The molecular formula is C60H64N6O7Si. The number of hydrogen-bond donors (Lipinski definition) is 1. The molecule has 1 N–H and O–H groups in total. The van der Waals surface area contributed by atoms with Crippen LogP contribution in [0.1, 0.15) is 103 Å². The molecule has 14 heteroatoms. The van der Waals surface area contributed by atoms with Crippen molar-refractivity contribution < 1.29 is 33.4 Å². The Morgan fingerprint density at radius 1 is 0.662 bits per heavy atom. The molecule has 0 atom stereocenters. The van der Waals surface area contributed by atoms with Gasteiger partial charge in [-0.15, -0.1) is 0 Å². The van der Waals surface area contributed by atoms with Crippen LogP contribution in [0.2, 0.25) is 25.7 Å². The summed E-state index contributed by atoms with van der Waals surface area (Å²) in [5, 5.41) is 22.0. The Morgan fingerprint density at radius 3 is 1.68 bits per heavy atom. The first-order valence-corrected chi connectivity index (χ1v) is 28.2. The molecule has 380 valence electrons. The molecule has 2 aliphatic rings. The van der Waals surface area contributed by atoms with Crippen LogP contribution in [0.3, 0.4) is 0 Å². The second-order valence-electron chi connectivity index (χ2n) is 21.0. The SMILES string of the molecule is COc1ccc2c(c1)C(=O)N(c1cc(N(COCC[Si](C)(C)C)C(=O)c3cccc(C(C)(C)C#N)c3)ccc1C)C2.COc1ccc2c(c1)C(=O)N(c1cc(NC(=O)c3cccc(C(C)(C)C#N)c3)ccc1C)C2. The molecule has 6 aromatic carbocycles. The van der Waals surface area contributed by atoms with Crippen LogP contribution >= 0.6 is 0 Å². The number of nitrogens with zero attached hydrogens (tertiary/aromatic N) is 5. The van der Waals surface area contributed by atoms with Crippen molar-refractivity contribution in [1.29, 1.82) is 10.5 Å². The van der Waals surface area contributed by atoms with Crippen LogP contribution in [0.25, 0.3) is 0 Å².